The minimum absolute atomic E-state index is 0.0704. The van der Waals surface area contributed by atoms with E-state index < -0.39 is 0 Å². The summed E-state index contributed by atoms with van der Waals surface area (Å²) in [6, 6.07) is 37.0. The molecule has 2 unspecified atom stereocenters. The number of hydrogen-bond acceptors (Lipinski definition) is 4. The average Bonchev–Trinajstić information content (AvgIpc) is 2.97. The van der Waals surface area contributed by atoms with E-state index in [2.05, 4.69) is 73.7 Å². The Bertz CT molecular complexity index is 1730. The highest BCUT2D eigenvalue weighted by Gasteiger charge is 2.19. The number of hydrogen-bond donors (Lipinski definition) is 0. The van der Waals surface area contributed by atoms with E-state index in [4.69, 9.17) is 14.2 Å². The highest BCUT2D eigenvalue weighted by Crippen LogP contribution is 2.42. The predicted octanol–water partition coefficient (Wildman–Crippen LogP) is 8.47. The Morgan fingerprint density at radius 2 is 1.31 bits per heavy atom. The van der Waals surface area contributed by atoms with E-state index in [9.17, 15) is 4.79 Å². The van der Waals surface area contributed by atoms with Gasteiger partial charge < -0.3 is 14.2 Å². The van der Waals surface area contributed by atoms with Gasteiger partial charge in [-0.3, -0.25) is 4.79 Å². The number of carbonyl (C=O) groups excluding carboxylic acids is 1. The van der Waals surface area contributed by atoms with Gasteiger partial charge in [0.05, 0.1) is 12.5 Å². The lowest BCUT2D eigenvalue weighted by Gasteiger charge is -2.19. The first-order chi connectivity index (χ1) is 19.1. The standard InChI is InChI=1S/C35H30O4/c1-23(37-22-38-28-11-7-4-8-12-28)21-33(36)39-32-20-16-27-14-18-30-29(24(2)25-9-5-3-6-10-25)17-13-26-15-19-31(32)35(27)34(26)30/h3-20,23-24H,21-22H2,1-2H3. The van der Waals surface area contributed by atoms with Gasteiger partial charge >= 0.3 is 5.97 Å². The molecule has 4 nitrogen and oxygen atoms in total. The van der Waals surface area contributed by atoms with Crippen molar-refractivity contribution < 1.29 is 19.0 Å². The van der Waals surface area contributed by atoms with E-state index in [0.29, 0.717) is 5.75 Å². The number of benzene rings is 6. The van der Waals surface area contributed by atoms with Crippen LogP contribution in [0, 0.1) is 0 Å². The van der Waals surface area contributed by atoms with E-state index in [1.54, 1.807) is 0 Å². The lowest BCUT2D eigenvalue weighted by Crippen LogP contribution is -2.20. The summed E-state index contributed by atoms with van der Waals surface area (Å²) in [5.41, 5.74) is 2.57. The Hall–Kier alpha value is -4.41. The van der Waals surface area contributed by atoms with Crippen molar-refractivity contribution in [2.45, 2.75) is 32.3 Å². The molecule has 0 saturated heterocycles. The molecule has 0 aromatic heterocycles. The summed E-state index contributed by atoms with van der Waals surface area (Å²) in [4.78, 5) is 12.9. The van der Waals surface area contributed by atoms with Crippen LogP contribution in [-0.2, 0) is 9.53 Å². The molecule has 0 fully saturated rings. The van der Waals surface area contributed by atoms with Gasteiger partial charge in [-0.25, -0.2) is 0 Å². The van der Waals surface area contributed by atoms with Crippen molar-refractivity contribution >= 4 is 38.3 Å². The van der Waals surface area contributed by atoms with Crippen LogP contribution in [0.4, 0.5) is 0 Å². The monoisotopic (exact) mass is 514 g/mol. The van der Waals surface area contributed by atoms with Crippen molar-refractivity contribution in [3.05, 3.63) is 120 Å². The molecule has 0 radical (unpaired) electrons. The van der Waals surface area contributed by atoms with Gasteiger partial charge in [-0.2, -0.15) is 0 Å². The molecule has 0 bridgehead atoms. The minimum atomic E-state index is -0.344. The summed E-state index contributed by atoms with van der Waals surface area (Å²) >= 11 is 0. The molecular weight excluding hydrogens is 484 g/mol. The molecule has 0 heterocycles. The normalized spacial score (nSPS) is 13.1. The zero-order valence-electron chi connectivity index (χ0n) is 22.1. The van der Waals surface area contributed by atoms with Crippen molar-refractivity contribution in [2.24, 2.45) is 0 Å². The van der Waals surface area contributed by atoms with Gasteiger partial charge in [0.2, 0.25) is 0 Å². The molecular formula is C35H30O4. The van der Waals surface area contributed by atoms with Crippen LogP contribution in [0.2, 0.25) is 0 Å². The third-order valence-corrected chi connectivity index (χ3v) is 7.42. The molecule has 39 heavy (non-hydrogen) atoms. The first kappa shape index (κ1) is 24.9. The van der Waals surface area contributed by atoms with Gasteiger partial charge in [-0.1, -0.05) is 91.9 Å². The number of ether oxygens (including phenoxy) is 3. The average molecular weight is 515 g/mol. The van der Waals surface area contributed by atoms with Gasteiger partial charge in [-0.05, 0) is 63.9 Å². The first-order valence-corrected chi connectivity index (χ1v) is 13.3. The second-order valence-electron chi connectivity index (χ2n) is 10.0. The van der Waals surface area contributed by atoms with Crippen molar-refractivity contribution in [1.29, 1.82) is 0 Å². The topological polar surface area (TPSA) is 44.8 Å². The van der Waals surface area contributed by atoms with Crippen molar-refractivity contribution in [1.82, 2.24) is 0 Å². The Morgan fingerprint density at radius 3 is 2.05 bits per heavy atom. The molecule has 6 aromatic rings. The van der Waals surface area contributed by atoms with E-state index in [1.165, 1.54) is 27.3 Å². The SMILES string of the molecule is CC(CC(=O)Oc1ccc2ccc3c(C(C)c4ccccc4)ccc4ccc1c2c43)OCOc1ccccc1. The van der Waals surface area contributed by atoms with Gasteiger partial charge in [0, 0.05) is 16.7 Å². The maximum atomic E-state index is 12.9. The maximum absolute atomic E-state index is 12.9. The summed E-state index contributed by atoms with van der Waals surface area (Å²) in [6.45, 7) is 4.17. The smallest absolute Gasteiger partial charge is 0.313 e. The molecule has 0 aliphatic heterocycles. The zero-order valence-corrected chi connectivity index (χ0v) is 22.1. The predicted molar refractivity (Wildman–Crippen MR) is 157 cm³/mol. The minimum Gasteiger partial charge on any atom is -0.468 e. The molecule has 6 rings (SSSR count). The Morgan fingerprint density at radius 1 is 0.692 bits per heavy atom. The molecule has 0 saturated carbocycles. The molecule has 0 aliphatic carbocycles. The van der Waals surface area contributed by atoms with Gasteiger partial charge in [0.25, 0.3) is 0 Å². The lowest BCUT2D eigenvalue weighted by atomic mass is 9.85. The Kier molecular flexibility index (Phi) is 6.87. The van der Waals surface area contributed by atoms with Crippen molar-refractivity contribution in [3.63, 3.8) is 0 Å². The van der Waals surface area contributed by atoms with Crippen LogP contribution in [0.3, 0.4) is 0 Å². The van der Waals surface area contributed by atoms with Crippen LogP contribution < -0.4 is 9.47 Å². The summed E-state index contributed by atoms with van der Waals surface area (Å²) < 4.78 is 17.2. The quantitative estimate of drug-likeness (QED) is 0.0840. The second-order valence-corrected chi connectivity index (χ2v) is 10.0. The van der Waals surface area contributed by atoms with Crippen LogP contribution in [0.25, 0.3) is 32.3 Å². The molecule has 0 spiro atoms. The van der Waals surface area contributed by atoms with Gasteiger partial charge in [-0.15, -0.1) is 0 Å². The highest BCUT2D eigenvalue weighted by molar-refractivity contribution is 6.24. The number of carbonyl (C=O) groups is 1. The second kappa shape index (κ2) is 10.8. The Balaban J connectivity index is 1.25. The highest BCUT2D eigenvalue weighted by atomic mass is 16.7. The van der Waals surface area contributed by atoms with Crippen LogP contribution in [-0.4, -0.2) is 18.9 Å². The van der Waals surface area contributed by atoms with E-state index in [-0.39, 0.29) is 31.2 Å². The molecule has 0 aliphatic rings. The van der Waals surface area contributed by atoms with E-state index in [0.717, 1.165) is 21.9 Å². The van der Waals surface area contributed by atoms with E-state index >= 15 is 0 Å². The Labute approximate surface area is 228 Å². The lowest BCUT2D eigenvalue weighted by molar-refractivity contribution is -0.138. The molecule has 194 valence electrons. The largest absolute Gasteiger partial charge is 0.468 e. The van der Waals surface area contributed by atoms with Gasteiger partial charge in [0.1, 0.15) is 11.5 Å². The fourth-order valence-electron chi connectivity index (χ4n) is 5.38. The van der Waals surface area contributed by atoms with Crippen LogP contribution >= 0.6 is 0 Å². The maximum Gasteiger partial charge on any atom is 0.313 e. The number of esters is 1. The molecule has 6 aromatic carbocycles. The number of rotatable bonds is 9. The van der Waals surface area contributed by atoms with Gasteiger partial charge in [0.15, 0.2) is 6.79 Å². The fraction of sp³-hybridized carbons (Fsp3) is 0.171. The summed E-state index contributed by atoms with van der Waals surface area (Å²) in [5, 5.41) is 6.80. The zero-order chi connectivity index (χ0) is 26.8. The summed E-state index contributed by atoms with van der Waals surface area (Å²) in [5.74, 6) is 1.20. The van der Waals surface area contributed by atoms with Crippen molar-refractivity contribution in [3.8, 4) is 11.5 Å². The summed E-state index contributed by atoms with van der Waals surface area (Å²) in [7, 11) is 0. The first-order valence-electron chi connectivity index (χ1n) is 13.3. The van der Waals surface area contributed by atoms with Crippen molar-refractivity contribution in [2.75, 3.05) is 6.79 Å². The molecule has 0 N–H and O–H groups in total. The fourth-order valence-corrected chi connectivity index (χ4v) is 5.38. The molecule has 2 atom stereocenters. The molecule has 0 amide bonds. The van der Waals surface area contributed by atoms with E-state index in [1.807, 2.05) is 49.4 Å². The third-order valence-electron chi connectivity index (χ3n) is 7.42. The van der Waals surface area contributed by atoms with Crippen LogP contribution in [0.5, 0.6) is 11.5 Å². The van der Waals surface area contributed by atoms with Crippen LogP contribution in [0.15, 0.2) is 109 Å². The number of para-hydroxylation sites is 1. The third kappa shape index (κ3) is 5.04. The molecule has 4 heteroatoms. The summed E-state index contributed by atoms with van der Waals surface area (Å²) in [6.07, 6.45) is -0.221. The van der Waals surface area contributed by atoms with Crippen LogP contribution in [0.1, 0.15) is 37.3 Å².